The number of fused-ring (bicyclic) bond motifs is 1. The molecule has 0 aliphatic carbocycles. The molecule has 0 spiro atoms. The predicted octanol–water partition coefficient (Wildman–Crippen LogP) is 5.12. The molecular weight excluding hydrogens is 464 g/mol. The lowest BCUT2D eigenvalue weighted by Gasteiger charge is -2.34. The Labute approximate surface area is 211 Å². The lowest BCUT2D eigenvalue weighted by atomic mass is 9.97. The highest BCUT2D eigenvalue weighted by Crippen LogP contribution is 2.41. The van der Waals surface area contributed by atoms with E-state index in [0.717, 1.165) is 77.8 Å². The number of carbonyl (C=O) groups is 1. The molecule has 5 rings (SSSR count). The molecule has 1 fully saturated rings. The zero-order valence-electron chi connectivity index (χ0n) is 20.1. The molecule has 0 aromatic heterocycles. The number of hydrogen-bond acceptors (Lipinski definition) is 5. The Kier molecular flexibility index (Phi) is 6.84. The standard InChI is InChI=1S/C28H29ClN2O4/c1-19(32)31-12-10-30(11-13-31)18-22-7-6-20(16-26(22)33-2)23-4-3-5-24(28(23)29)21-8-9-25-27(17-21)35-15-14-34-25/h3-9,16-17H,10-15,18H2,1-2H3. The van der Waals surface area contributed by atoms with Gasteiger partial charge in [-0.2, -0.15) is 0 Å². The van der Waals surface area contributed by atoms with Crippen molar-refractivity contribution in [2.75, 3.05) is 46.5 Å². The first-order valence-corrected chi connectivity index (χ1v) is 12.2. The lowest BCUT2D eigenvalue weighted by molar-refractivity contribution is -0.130. The Bertz CT molecular complexity index is 1240. The van der Waals surface area contributed by atoms with E-state index in [4.69, 9.17) is 25.8 Å². The Morgan fingerprint density at radius 1 is 0.914 bits per heavy atom. The summed E-state index contributed by atoms with van der Waals surface area (Å²) in [5.41, 5.74) is 4.98. The van der Waals surface area contributed by atoms with Crippen LogP contribution in [-0.2, 0) is 11.3 Å². The first kappa shape index (κ1) is 23.5. The molecule has 0 radical (unpaired) electrons. The van der Waals surface area contributed by atoms with E-state index >= 15 is 0 Å². The minimum Gasteiger partial charge on any atom is -0.496 e. The van der Waals surface area contributed by atoms with Crippen molar-refractivity contribution in [3.8, 4) is 39.5 Å². The van der Waals surface area contributed by atoms with Gasteiger partial charge in [-0.1, -0.05) is 48.0 Å². The van der Waals surface area contributed by atoms with Crippen LogP contribution in [0.3, 0.4) is 0 Å². The fourth-order valence-corrected chi connectivity index (χ4v) is 5.04. The van der Waals surface area contributed by atoms with Crippen LogP contribution >= 0.6 is 11.6 Å². The third kappa shape index (κ3) is 4.95. The van der Waals surface area contributed by atoms with Crippen molar-refractivity contribution < 1.29 is 19.0 Å². The Hall–Kier alpha value is -3.22. The van der Waals surface area contributed by atoms with E-state index in [0.29, 0.717) is 18.2 Å². The summed E-state index contributed by atoms with van der Waals surface area (Å²) in [4.78, 5) is 15.9. The summed E-state index contributed by atoms with van der Waals surface area (Å²) in [5.74, 6) is 2.47. The van der Waals surface area contributed by atoms with Gasteiger partial charge in [0.05, 0.1) is 12.1 Å². The zero-order valence-corrected chi connectivity index (χ0v) is 20.8. The van der Waals surface area contributed by atoms with Crippen molar-refractivity contribution in [1.82, 2.24) is 9.80 Å². The maximum atomic E-state index is 11.6. The number of benzene rings is 3. The molecule has 0 atom stereocenters. The number of hydrogen-bond donors (Lipinski definition) is 0. The molecule has 1 amide bonds. The van der Waals surface area contributed by atoms with Crippen molar-refractivity contribution in [3.63, 3.8) is 0 Å². The molecule has 182 valence electrons. The molecule has 3 aromatic rings. The van der Waals surface area contributed by atoms with Crippen LogP contribution in [-0.4, -0.2) is 62.2 Å². The van der Waals surface area contributed by atoms with E-state index in [1.807, 2.05) is 41.3 Å². The predicted molar refractivity (Wildman–Crippen MR) is 137 cm³/mol. The van der Waals surface area contributed by atoms with E-state index < -0.39 is 0 Å². The first-order valence-electron chi connectivity index (χ1n) is 11.9. The van der Waals surface area contributed by atoms with Gasteiger partial charge < -0.3 is 19.1 Å². The van der Waals surface area contributed by atoms with E-state index in [1.54, 1.807) is 14.0 Å². The molecule has 6 nitrogen and oxygen atoms in total. The highest BCUT2D eigenvalue weighted by molar-refractivity contribution is 6.36. The second kappa shape index (κ2) is 10.2. The summed E-state index contributed by atoms with van der Waals surface area (Å²) >= 11 is 6.94. The quantitative estimate of drug-likeness (QED) is 0.495. The highest BCUT2D eigenvalue weighted by atomic mass is 35.5. The molecule has 2 aliphatic heterocycles. The van der Waals surface area contributed by atoms with Gasteiger partial charge in [0.15, 0.2) is 11.5 Å². The summed E-state index contributed by atoms with van der Waals surface area (Å²) in [6.07, 6.45) is 0. The maximum Gasteiger partial charge on any atom is 0.219 e. The molecule has 0 saturated carbocycles. The summed E-state index contributed by atoms with van der Waals surface area (Å²) in [7, 11) is 1.70. The lowest BCUT2D eigenvalue weighted by Crippen LogP contribution is -2.47. The van der Waals surface area contributed by atoms with Crippen molar-refractivity contribution in [2.24, 2.45) is 0 Å². The van der Waals surface area contributed by atoms with Gasteiger partial charge in [0.1, 0.15) is 19.0 Å². The molecule has 0 N–H and O–H groups in total. The van der Waals surface area contributed by atoms with Crippen LogP contribution < -0.4 is 14.2 Å². The van der Waals surface area contributed by atoms with Gasteiger partial charge >= 0.3 is 0 Å². The SMILES string of the molecule is COc1cc(-c2cccc(-c3ccc4c(c3)OCCO4)c2Cl)ccc1CN1CCN(C(C)=O)CC1. The number of ether oxygens (including phenoxy) is 3. The fraction of sp³-hybridized carbons (Fsp3) is 0.321. The molecule has 2 heterocycles. The summed E-state index contributed by atoms with van der Waals surface area (Å²) in [5, 5.41) is 0.680. The fourth-order valence-electron chi connectivity index (χ4n) is 4.69. The van der Waals surface area contributed by atoms with E-state index in [-0.39, 0.29) is 5.91 Å². The van der Waals surface area contributed by atoms with Gasteiger partial charge in [-0.3, -0.25) is 9.69 Å². The van der Waals surface area contributed by atoms with Gasteiger partial charge in [-0.25, -0.2) is 0 Å². The van der Waals surface area contributed by atoms with Crippen molar-refractivity contribution in [2.45, 2.75) is 13.5 Å². The van der Waals surface area contributed by atoms with Gasteiger partial charge in [0, 0.05) is 56.3 Å². The molecule has 7 heteroatoms. The second-order valence-corrected chi connectivity index (χ2v) is 9.21. The number of amides is 1. The number of nitrogens with zero attached hydrogens (tertiary/aromatic N) is 2. The van der Waals surface area contributed by atoms with Crippen LogP contribution in [0.4, 0.5) is 0 Å². The van der Waals surface area contributed by atoms with Crippen LogP contribution in [0.2, 0.25) is 5.02 Å². The Morgan fingerprint density at radius 2 is 1.57 bits per heavy atom. The third-order valence-electron chi connectivity index (χ3n) is 6.66. The number of halogens is 1. The highest BCUT2D eigenvalue weighted by Gasteiger charge is 2.20. The second-order valence-electron chi connectivity index (χ2n) is 8.83. The largest absolute Gasteiger partial charge is 0.496 e. The summed E-state index contributed by atoms with van der Waals surface area (Å²) in [6, 6.07) is 18.2. The molecule has 0 unspecified atom stereocenters. The molecule has 0 bridgehead atoms. The van der Waals surface area contributed by atoms with Crippen molar-refractivity contribution in [1.29, 1.82) is 0 Å². The number of carbonyl (C=O) groups excluding carboxylic acids is 1. The van der Waals surface area contributed by atoms with Crippen molar-refractivity contribution >= 4 is 17.5 Å². The van der Waals surface area contributed by atoms with Crippen LogP contribution in [0.1, 0.15) is 12.5 Å². The van der Waals surface area contributed by atoms with E-state index in [1.165, 1.54) is 0 Å². The van der Waals surface area contributed by atoms with Gasteiger partial charge in [0.2, 0.25) is 5.91 Å². The number of rotatable bonds is 5. The summed E-state index contributed by atoms with van der Waals surface area (Å²) < 4.78 is 17.2. The van der Waals surface area contributed by atoms with Crippen LogP contribution in [0.25, 0.3) is 22.3 Å². The monoisotopic (exact) mass is 492 g/mol. The van der Waals surface area contributed by atoms with Crippen LogP contribution in [0.15, 0.2) is 54.6 Å². The van der Waals surface area contributed by atoms with Crippen LogP contribution in [0.5, 0.6) is 17.2 Å². The minimum atomic E-state index is 0.141. The minimum absolute atomic E-state index is 0.141. The molecule has 1 saturated heterocycles. The molecule has 2 aliphatic rings. The average molecular weight is 493 g/mol. The third-order valence-corrected chi connectivity index (χ3v) is 7.07. The number of methoxy groups -OCH3 is 1. The van der Waals surface area contributed by atoms with Gasteiger partial charge in [0.25, 0.3) is 0 Å². The zero-order chi connectivity index (χ0) is 24.4. The first-order chi connectivity index (χ1) is 17.0. The molecule has 3 aromatic carbocycles. The Balaban J connectivity index is 1.39. The van der Waals surface area contributed by atoms with E-state index in [9.17, 15) is 4.79 Å². The van der Waals surface area contributed by atoms with Gasteiger partial charge in [-0.05, 0) is 29.3 Å². The van der Waals surface area contributed by atoms with Gasteiger partial charge in [-0.15, -0.1) is 0 Å². The Morgan fingerprint density at radius 3 is 2.26 bits per heavy atom. The topological polar surface area (TPSA) is 51.2 Å². The average Bonchev–Trinajstić information content (AvgIpc) is 2.89. The molecular formula is C28H29ClN2O4. The van der Waals surface area contributed by atoms with E-state index in [2.05, 4.69) is 23.1 Å². The molecule has 35 heavy (non-hydrogen) atoms. The normalized spacial score (nSPS) is 15.7. The summed E-state index contributed by atoms with van der Waals surface area (Å²) in [6.45, 7) is 6.75. The maximum absolute atomic E-state index is 11.6. The van der Waals surface area contributed by atoms with Crippen molar-refractivity contribution in [3.05, 3.63) is 65.2 Å². The smallest absolute Gasteiger partial charge is 0.219 e. The van der Waals surface area contributed by atoms with Crippen LogP contribution in [0, 0.1) is 0 Å². The number of piperazine rings is 1.